The molecule has 0 spiro atoms. The van der Waals surface area contributed by atoms with Crippen molar-refractivity contribution in [2.45, 2.75) is 425 Å². The maximum absolute atomic E-state index is 13.0. The number of esters is 3. The van der Waals surface area contributed by atoms with Crippen molar-refractivity contribution in [2.75, 3.05) is 13.2 Å². The summed E-state index contributed by atoms with van der Waals surface area (Å²) in [4.78, 5) is 38.5. The van der Waals surface area contributed by atoms with Gasteiger partial charge in [0, 0.05) is 19.3 Å². The second-order valence-corrected chi connectivity index (χ2v) is 25.2. The van der Waals surface area contributed by atoms with Crippen molar-refractivity contribution >= 4 is 17.9 Å². The summed E-state index contributed by atoms with van der Waals surface area (Å²) in [7, 11) is 0. The van der Waals surface area contributed by atoms with E-state index in [1.165, 1.54) is 315 Å². The largest absolute Gasteiger partial charge is 0.462 e. The highest BCUT2D eigenvalue weighted by atomic mass is 16.6. The number of unbranched alkanes of at least 4 members (excludes halogenated alkanes) is 54. The number of carbonyl (C=O) groups is 3. The maximum Gasteiger partial charge on any atom is 0.306 e. The van der Waals surface area contributed by atoms with Crippen LogP contribution in [0.2, 0.25) is 0 Å². The lowest BCUT2D eigenvalue weighted by Gasteiger charge is -2.18. The average Bonchev–Trinajstić information content (AvgIpc) is 3.47. The monoisotopic (exact) mass is 1140 g/mol. The Balaban J connectivity index is 4.21. The zero-order chi connectivity index (χ0) is 58.5. The number of hydrogen-bond acceptors (Lipinski definition) is 6. The van der Waals surface area contributed by atoms with E-state index in [4.69, 9.17) is 14.2 Å². The molecule has 0 aromatic carbocycles. The highest BCUT2D eigenvalue weighted by Crippen LogP contribution is 2.19. The Hall–Kier alpha value is -2.11. The number of carbonyl (C=O) groups excluding carboxylic acids is 3. The van der Waals surface area contributed by atoms with Gasteiger partial charge in [0.15, 0.2) is 6.10 Å². The van der Waals surface area contributed by atoms with Crippen molar-refractivity contribution in [3.8, 4) is 0 Å². The van der Waals surface area contributed by atoms with E-state index in [0.29, 0.717) is 19.3 Å². The molecule has 0 aliphatic heterocycles. The Kier molecular flexibility index (Phi) is 68.5. The van der Waals surface area contributed by atoms with Crippen LogP contribution in [0, 0.1) is 0 Å². The molecule has 1 unspecified atom stereocenters. The second kappa shape index (κ2) is 70.4. The molecule has 81 heavy (non-hydrogen) atoms. The van der Waals surface area contributed by atoms with Crippen LogP contribution in [0.15, 0.2) is 24.3 Å². The van der Waals surface area contributed by atoms with Crippen LogP contribution < -0.4 is 0 Å². The van der Waals surface area contributed by atoms with E-state index >= 15 is 0 Å². The third-order valence-corrected chi connectivity index (χ3v) is 17.0. The molecule has 478 valence electrons. The first kappa shape index (κ1) is 78.9. The molecule has 0 bridgehead atoms. The van der Waals surface area contributed by atoms with Gasteiger partial charge in [0.25, 0.3) is 0 Å². The van der Waals surface area contributed by atoms with Gasteiger partial charge in [-0.15, -0.1) is 0 Å². The minimum atomic E-state index is -0.771. The van der Waals surface area contributed by atoms with E-state index in [-0.39, 0.29) is 31.1 Å². The van der Waals surface area contributed by atoms with Gasteiger partial charge >= 0.3 is 17.9 Å². The van der Waals surface area contributed by atoms with E-state index < -0.39 is 6.10 Å². The number of allylic oxidation sites excluding steroid dienone is 4. The normalized spacial score (nSPS) is 12.1. The van der Waals surface area contributed by atoms with Gasteiger partial charge in [-0.25, -0.2) is 0 Å². The zero-order valence-electron chi connectivity index (χ0n) is 55.1. The Morgan fingerprint density at radius 2 is 0.444 bits per heavy atom. The molecule has 1 atom stereocenters. The molecule has 0 aromatic heterocycles. The smallest absolute Gasteiger partial charge is 0.306 e. The van der Waals surface area contributed by atoms with Gasteiger partial charge in [-0.1, -0.05) is 373 Å². The van der Waals surface area contributed by atoms with Gasteiger partial charge in [0.1, 0.15) is 13.2 Å². The van der Waals surface area contributed by atoms with Gasteiger partial charge < -0.3 is 14.2 Å². The summed E-state index contributed by atoms with van der Waals surface area (Å²) in [6.45, 7) is 6.71. The fourth-order valence-corrected chi connectivity index (χ4v) is 11.4. The lowest BCUT2D eigenvalue weighted by atomic mass is 10.0. The predicted molar refractivity (Wildman–Crippen MR) is 353 cm³/mol. The molecule has 0 saturated heterocycles. The summed E-state index contributed by atoms with van der Waals surface area (Å²) in [6.07, 6.45) is 86.5. The van der Waals surface area contributed by atoms with Gasteiger partial charge in [-0.2, -0.15) is 0 Å². The summed E-state index contributed by atoms with van der Waals surface area (Å²) in [5.74, 6) is -0.835. The van der Waals surface area contributed by atoms with Crippen molar-refractivity contribution in [3.05, 3.63) is 24.3 Å². The molecule has 6 nitrogen and oxygen atoms in total. The van der Waals surface area contributed by atoms with E-state index in [1.54, 1.807) is 0 Å². The Bertz CT molecular complexity index is 1310. The van der Waals surface area contributed by atoms with Crippen molar-refractivity contribution in [3.63, 3.8) is 0 Å². The van der Waals surface area contributed by atoms with Crippen molar-refractivity contribution < 1.29 is 28.6 Å². The summed E-state index contributed by atoms with van der Waals surface area (Å²) in [5, 5.41) is 0. The van der Waals surface area contributed by atoms with Crippen LogP contribution in [0.25, 0.3) is 0 Å². The first-order chi connectivity index (χ1) is 40.0. The van der Waals surface area contributed by atoms with Gasteiger partial charge in [-0.05, 0) is 51.4 Å². The minimum absolute atomic E-state index is 0.0662. The van der Waals surface area contributed by atoms with Gasteiger partial charge in [0.2, 0.25) is 0 Å². The van der Waals surface area contributed by atoms with Crippen molar-refractivity contribution in [1.82, 2.24) is 0 Å². The van der Waals surface area contributed by atoms with E-state index in [9.17, 15) is 14.4 Å². The maximum atomic E-state index is 13.0. The molecule has 0 N–H and O–H groups in total. The molecule has 0 saturated carbocycles. The van der Waals surface area contributed by atoms with Crippen LogP contribution in [0.1, 0.15) is 419 Å². The van der Waals surface area contributed by atoms with E-state index in [1.807, 2.05) is 0 Å². The van der Waals surface area contributed by atoms with Crippen LogP contribution in [-0.4, -0.2) is 37.2 Å². The first-order valence-electron chi connectivity index (χ1n) is 36.8. The summed E-state index contributed by atoms with van der Waals surface area (Å²) in [5.41, 5.74) is 0. The van der Waals surface area contributed by atoms with Crippen LogP contribution >= 0.6 is 0 Å². The first-order valence-corrected chi connectivity index (χ1v) is 36.8. The lowest BCUT2D eigenvalue weighted by Crippen LogP contribution is -2.30. The van der Waals surface area contributed by atoms with Gasteiger partial charge in [-0.3, -0.25) is 14.4 Å². The van der Waals surface area contributed by atoms with Crippen LogP contribution in [-0.2, 0) is 28.6 Å². The molecular formula is C75H142O6. The van der Waals surface area contributed by atoms with Gasteiger partial charge in [0.05, 0.1) is 0 Å². The Morgan fingerprint density at radius 1 is 0.247 bits per heavy atom. The van der Waals surface area contributed by atoms with E-state index in [0.717, 1.165) is 64.2 Å². The molecule has 0 rings (SSSR count). The molecule has 0 aliphatic rings. The molecule has 0 heterocycles. The molecule has 0 aliphatic carbocycles. The topological polar surface area (TPSA) is 78.9 Å². The Morgan fingerprint density at radius 3 is 0.704 bits per heavy atom. The molecule has 0 aromatic rings. The van der Waals surface area contributed by atoms with E-state index in [2.05, 4.69) is 45.1 Å². The highest BCUT2D eigenvalue weighted by Gasteiger charge is 2.20. The lowest BCUT2D eigenvalue weighted by molar-refractivity contribution is -0.167. The molecule has 0 fully saturated rings. The minimum Gasteiger partial charge on any atom is -0.462 e. The Labute approximate surface area is 506 Å². The fourth-order valence-electron chi connectivity index (χ4n) is 11.4. The van der Waals surface area contributed by atoms with Crippen molar-refractivity contribution in [2.24, 2.45) is 0 Å². The average molecular weight is 1140 g/mol. The quantitative estimate of drug-likeness (QED) is 0.0261. The number of hydrogen-bond donors (Lipinski definition) is 0. The molecule has 6 heteroatoms. The summed E-state index contributed by atoms with van der Waals surface area (Å²) in [6, 6.07) is 0. The second-order valence-electron chi connectivity index (χ2n) is 25.2. The number of ether oxygens (including phenoxy) is 3. The highest BCUT2D eigenvalue weighted by molar-refractivity contribution is 5.71. The standard InChI is InChI=1S/C75H142O6/c1-4-7-10-13-16-19-22-25-28-31-33-34-35-36-37-38-39-40-41-43-44-47-50-53-56-59-62-65-68-74(77)80-71-72(70-79-73(76)67-64-61-58-55-52-49-46-30-27-24-21-18-15-12-9-6-3)81-75(78)69-66-63-60-57-54-51-48-45-42-32-29-26-23-20-17-14-11-8-5-2/h17,20,26,29,72H,4-16,18-19,21-25,27-28,30-71H2,1-3H3/b20-17-,29-26-. The van der Waals surface area contributed by atoms with Crippen LogP contribution in [0.3, 0.4) is 0 Å². The third kappa shape index (κ3) is 68.6. The molecule has 0 radical (unpaired) electrons. The summed E-state index contributed by atoms with van der Waals surface area (Å²) >= 11 is 0. The summed E-state index contributed by atoms with van der Waals surface area (Å²) < 4.78 is 17.0. The third-order valence-electron chi connectivity index (χ3n) is 17.0. The predicted octanol–water partition coefficient (Wildman–Crippen LogP) is 25.3. The fraction of sp³-hybridized carbons (Fsp3) is 0.907. The molecular weight excluding hydrogens is 997 g/mol. The zero-order valence-corrected chi connectivity index (χ0v) is 55.1. The van der Waals surface area contributed by atoms with Crippen molar-refractivity contribution in [1.29, 1.82) is 0 Å². The van der Waals surface area contributed by atoms with Crippen LogP contribution in [0.4, 0.5) is 0 Å². The SMILES string of the molecule is CCCCC/C=C\C/C=C\CCCCCCCCCCCC(=O)OC(COC(=O)CCCCCCCCCCCCCCCCCC)COC(=O)CCCCCCCCCCCCCCCCCCCCCCCCCCCCCC. The molecule has 0 amide bonds. The number of rotatable bonds is 69. The van der Waals surface area contributed by atoms with Crippen LogP contribution in [0.5, 0.6) is 0 Å².